The van der Waals surface area contributed by atoms with Gasteiger partial charge in [0.05, 0.1) is 13.7 Å². The van der Waals surface area contributed by atoms with Gasteiger partial charge in [0, 0.05) is 19.4 Å². The van der Waals surface area contributed by atoms with Crippen LogP contribution >= 0.6 is 0 Å². The Morgan fingerprint density at radius 2 is 1.75 bits per heavy atom. The highest BCUT2D eigenvalue weighted by Gasteiger charge is 2.06. The fourth-order valence-electron chi connectivity index (χ4n) is 2.21. The van der Waals surface area contributed by atoms with Crippen LogP contribution in [0.25, 0.3) is 0 Å². The Kier molecular flexibility index (Phi) is 10.3. The summed E-state index contributed by atoms with van der Waals surface area (Å²) in [6.45, 7) is 3.11. The van der Waals surface area contributed by atoms with Crippen molar-refractivity contribution in [3.8, 4) is 5.75 Å². The maximum absolute atomic E-state index is 11.8. The third kappa shape index (κ3) is 9.18. The molecule has 0 aliphatic heterocycles. The van der Waals surface area contributed by atoms with Crippen LogP contribution < -0.4 is 10.1 Å². The molecule has 0 radical (unpaired) electrons. The van der Waals surface area contributed by atoms with Gasteiger partial charge in [0.2, 0.25) is 5.91 Å². The van der Waals surface area contributed by atoms with Crippen molar-refractivity contribution in [1.29, 1.82) is 0 Å². The molecule has 24 heavy (non-hydrogen) atoms. The summed E-state index contributed by atoms with van der Waals surface area (Å²) in [5.41, 5.74) is 1.01. The van der Waals surface area contributed by atoms with Gasteiger partial charge in [-0.05, 0) is 30.5 Å². The van der Waals surface area contributed by atoms with Crippen LogP contribution in [-0.4, -0.2) is 25.6 Å². The van der Waals surface area contributed by atoms with Crippen molar-refractivity contribution in [1.82, 2.24) is 5.32 Å². The van der Waals surface area contributed by atoms with E-state index in [4.69, 9.17) is 9.47 Å². The van der Waals surface area contributed by atoms with E-state index >= 15 is 0 Å². The number of benzene rings is 1. The molecule has 5 heteroatoms. The molecule has 1 N–H and O–H groups in total. The quantitative estimate of drug-likeness (QED) is 0.468. The predicted octanol–water partition coefficient (Wildman–Crippen LogP) is 3.61. The normalized spacial score (nSPS) is 10.2. The highest BCUT2D eigenvalue weighted by Crippen LogP contribution is 2.11. The van der Waals surface area contributed by atoms with Gasteiger partial charge in [0.1, 0.15) is 5.75 Å². The fraction of sp³-hybridized carbons (Fsp3) is 0.579. The number of methoxy groups -OCH3 is 1. The average molecular weight is 335 g/mol. The van der Waals surface area contributed by atoms with Crippen molar-refractivity contribution >= 4 is 11.9 Å². The second-order valence-corrected chi connectivity index (χ2v) is 5.76. The van der Waals surface area contributed by atoms with E-state index in [1.165, 1.54) is 12.8 Å². The van der Waals surface area contributed by atoms with E-state index in [9.17, 15) is 9.59 Å². The fourth-order valence-corrected chi connectivity index (χ4v) is 2.21. The van der Waals surface area contributed by atoms with Gasteiger partial charge < -0.3 is 14.8 Å². The van der Waals surface area contributed by atoms with Crippen LogP contribution in [0.3, 0.4) is 0 Å². The maximum Gasteiger partial charge on any atom is 0.305 e. The molecule has 0 atom stereocenters. The van der Waals surface area contributed by atoms with Crippen molar-refractivity contribution in [3.63, 3.8) is 0 Å². The van der Waals surface area contributed by atoms with Gasteiger partial charge in [-0.15, -0.1) is 0 Å². The van der Waals surface area contributed by atoms with Crippen LogP contribution in [0.4, 0.5) is 0 Å². The summed E-state index contributed by atoms with van der Waals surface area (Å²) in [5, 5.41) is 2.84. The maximum atomic E-state index is 11.8. The molecule has 0 unspecified atom stereocenters. The molecule has 0 saturated heterocycles. The molecule has 0 heterocycles. The second-order valence-electron chi connectivity index (χ2n) is 5.76. The molecule has 0 saturated carbocycles. The second kappa shape index (κ2) is 12.4. The third-order valence-corrected chi connectivity index (χ3v) is 3.69. The zero-order valence-electron chi connectivity index (χ0n) is 14.8. The van der Waals surface area contributed by atoms with Crippen LogP contribution in [-0.2, 0) is 20.9 Å². The Labute approximate surface area is 144 Å². The summed E-state index contributed by atoms with van der Waals surface area (Å²) < 4.78 is 10.2. The van der Waals surface area contributed by atoms with Gasteiger partial charge in [-0.3, -0.25) is 9.59 Å². The van der Waals surface area contributed by atoms with Crippen LogP contribution in [0.2, 0.25) is 0 Å². The van der Waals surface area contributed by atoms with Crippen LogP contribution in [0.1, 0.15) is 57.4 Å². The largest absolute Gasteiger partial charge is 0.497 e. The summed E-state index contributed by atoms with van der Waals surface area (Å²) in [4.78, 5) is 23.3. The van der Waals surface area contributed by atoms with E-state index in [-0.39, 0.29) is 11.9 Å². The number of ether oxygens (including phenoxy) is 2. The Morgan fingerprint density at radius 1 is 1.00 bits per heavy atom. The molecule has 0 bridgehead atoms. The minimum atomic E-state index is -0.213. The van der Waals surface area contributed by atoms with Crippen molar-refractivity contribution in [3.05, 3.63) is 29.8 Å². The van der Waals surface area contributed by atoms with Crippen molar-refractivity contribution in [2.45, 2.75) is 58.4 Å². The van der Waals surface area contributed by atoms with E-state index in [0.717, 1.165) is 24.2 Å². The number of carbonyl (C=O) groups is 2. The number of unbranched alkanes of at least 4 members (excludes halogenated alkanes) is 3. The molecule has 1 rings (SSSR count). The summed E-state index contributed by atoms with van der Waals surface area (Å²) in [5.74, 6) is 0.522. The van der Waals surface area contributed by atoms with E-state index < -0.39 is 0 Å². The van der Waals surface area contributed by atoms with Crippen molar-refractivity contribution in [2.75, 3.05) is 13.7 Å². The van der Waals surface area contributed by atoms with E-state index in [0.29, 0.717) is 32.4 Å². The van der Waals surface area contributed by atoms with Gasteiger partial charge in [-0.1, -0.05) is 38.3 Å². The molecule has 1 aromatic rings. The van der Waals surface area contributed by atoms with E-state index in [1.807, 2.05) is 24.3 Å². The first-order valence-electron chi connectivity index (χ1n) is 8.71. The number of hydrogen-bond acceptors (Lipinski definition) is 4. The standard InChI is InChI=1S/C19H29NO4/c1-3-4-5-6-14-24-19(22)9-7-8-18(21)20-15-16-10-12-17(23-2)13-11-16/h10-13H,3-9,14-15H2,1-2H3,(H,20,21). The van der Waals surface area contributed by atoms with Gasteiger partial charge in [-0.25, -0.2) is 0 Å². The Bertz CT molecular complexity index is 485. The predicted molar refractivity (Wildman–Crippen MR) is 93.8 cm³/mol. The van der Waals surface area contributed by atoms with Gasteiger partial charge in [0.25, 0.3) is 0 Å². The number of carbonyl (C=O) groups excluding carboxylic acids is 2. The first-order valence-corrected chi connectivity index (χ1v) is 8.71. The lowest BCUT2D eigenvalue weighted by atomic mass is 10.2. The molecule has 0 fully saturated rings. The third-order valence-electron chi connectivity index (χ3n) is 3.69. The molecule has 0 aromatic heterocycles. The topological polar surface area (TPSA) is 64.6 Å². The molecule has 134 valence electrons. The lowest BCUT2D eigenvalue weighted by molar-refractivity contribution is -0.143. The van der Waals surface area contributed by atoms with Crippen molar-refractivity contribution < 1.29 is 19.1 Å². The van der Waals surface area contributed by atoms with Gasteiger partial charge >= 0.3 is 5.97 Å². The average Bonchev–Trinajstić information content (AvgIpc) is 2.60. The molecule has 0 aliphatic rings. The zero-order chi connectivity index (χ0) is 17.6. The Morgan fingerprint density at radius 3 is 2.42 bits per heavy atom. The van der Waals surface area contributed by atoms with E-state index in [2.05, 4.69) is 12.2 Å². The molecule has 0 aliphatic carbocycles. The summed E-state index contributed by atoms with van der Waals surface area (Å²) in [7, 11) is 1.62. The minimum absolute atomic E-state index is 0.0541. The number of amides is 1. The number of esters is 1. The highest BCUT2D eigenvalue weighted by molar-refractivity contribution is 5.77. The van der Waals surface area contributed by atoms with E-state index in [1.54, 1.807) is 7.11 Å². The van der Waals surface area contributed by atoms with Crippen molar-refractivity contribution in [2.24, 2.45) is 0 Å². The highest BCUT2D eigenvalue weighted by atomic mass is 16.5. The van der Waals surface area contributed by atoms with Crippen LogP contribution in [0.5, 0.6) is 5.75 Å². The van der Waals surface area contributed by atoms with Crippen LogP contribution in [0.15, 0.2) is 24.3 Å². The van der Waals surface area contributed by atoms with Crippen LogP contribution in [0, 0.1) is 0 Å². The molecule has 0 spiro atoms. The smallest absolute Gasteiger partial charge is 0.305 e. The molecular formula is C19H29NO4. The number of rotatable bonds is 12. The molecule has 5 nitrogen and oxygen atoms in total. The molecule has 1 aromatic carbocycles. The number of hydrogen-bond donors (Lipinski definition) is 1. The van der Waals surface area contributed by atoms with Gasteiger partial charge in [-0.2, -0.15) is 0 Å². The first kappa shape index (κ1) is 20.0. The SMILES string of the molecule is CCCCCCOC(=O)CCCC(=O)NCc1ccc(OC)cc1. The zero-order valence-corrected chi connectivity index (χ0v) is 14.8. The monoisotopic (exact) mass is 335 g/mol. The molecule has 1 amide bonds. The lowest BCUT2D eigenvalue weighted by Gasteiger charge is -2.07. The van der Waals surface area contributed by atoms with Gasteiger partial charge in [0.15, 0.2) is 0 Å². The lowest BCUT2D eigenvalue weighted by Crippen LogP contribution is -2.22. The first-order chi connectivity index (χ1) is 11.7. The number of nitrogens with one attached hydrogen (secondary N) is 1. The summed E-state index contributed by atoms with van der Waals surface area (Å²) in [6, 6.07) is 7.54. The molecular weight excluding hydrogens is 306 g/mol. The minimum Gasteiger partial charge on any atom is -0.497 e. The summed E-state index contributed by atoms with van der Waals surface area (Å²) in [6.07, 6.45) is 5.50. The summed E-state index contributed by atoms with van der Waals surface area (Å²) >= 11 is 0. The Balaban J connectivity index is 2.07. The Hall–Kier alpha value is -2.04.